The molecule has 9 nitrogen and oxygen atoms in total. The van der Waals surface area contributed by atoms with E-state index in [1.54, 1.807) is 60.7 Å². The number of aliphatic hydroxyl groups excluding tert-OH is 1. The lowest BCUT2D eigenvalue weighted by Gasteiger charge is -2.24. The van der Waals surface area contributed by atoms with E-state index in [1.807, 2.05) is 36.4 Å². The number of ketones is 1. The van der Waals surface area contributed by atoms with Gasteiger partial charge in [0.15, 0.2) is 27.2 Å². The van der Waals surface area contributed by atoms with E-state index in [1.165, 1.54) is 23.8 Å². The first-order chi connectivity index (χ1) is 23.8. The molecule has 1 aliphatic rings. The number of nitrogens with zero attached hydrogens (tertiary/aromatic N) is 3. The molecule has 0 bridgehead atoms. The Kier molecular flexibility index (Phi) is 9.33. The van der Waals surface area contributed by atoms with Crippen molar-refractivity contribution in [2.75, 3.05) is 12.0 Å². The molecular weight excluding hydrogens is 705 g/mol. The van der Waals surface area contributed by atoms with Crippen LogP contribution in [0.3, 0.4) is 0 Å². The smallest absolute Gasteiger partial charge is 0.296 e. The van der Waals surface area contributed by atoms with E-state index in [9.17, 15) is 14.7 Å². The van der Waals surface area contributed by atoms with E-state index in [-0.39, 0.29) is 16.5 Å². The number of aromatic nitrogens is 2. The topological polar surface area (TPSA) is 115 Å². The fourth-order valence-corrected chi connectivity index (χ4v) is 7.84. The number of amides is 1. The molecule has 1 amide bonds. The Labute approximate surface area is 298 Å². The number of hydrogen-bond acceptors (Lipinski definition) is 10. The van der Waals surface area contributed by atoms with Gasteiger partial charge in [-0.05, 0) is 53.1 Å². The minimum Gasteiger partial charge on any atom is -0.503 e. The van der Waals surface area contributed by atoms with Crippen LogP contribution in [0.1, 0.15) is 33.3 Å². The summed E-state index contributed by atoms with van der Waals surface area (Å²) >= 11 is 14.9. The molecule has 0 aliphatic carbocycles. The Hall–Kier alpha value is -4.81. The number of halogens is 2. The number of carbonyl (C=O) groups excluding carboxylic acids is 2. The molecule has 1 unspecified atom stereocenters. The van der Waals surface area contributed by atoms with E-state index in [2.05, 4.69) is 10.2 Å². The van der Waals surface area contributed by atoms with Crippen molar-refractivity contribution in [3.63, 3.8) is 0 Å². The fourth-order valence-electron chi connectivity index (χ4n) is 5.42. The third-order valence-corrected chi connectivity index (χ3v) is 10.5. The summed E-state index contributed by atoms with van der Waals surface area (Å²) in [5.74, 6) is -0.696. The molecule has 0 saturated heterocycles. The number of aliphatic hydroxyl groups is 1. The van der Waals surface area contributed by atoms with Gasteiger partial charge in [-0.3, -0.25) is 14.5 Å². The Morgan fingerprint density at radius 1 is 1.00 bits per heavy atom. The van der Waals surface area contributed by atoms with Crippen molar-refractivity contribution in [3.8, 4) is 11.5 Å². The van der Waals surface area contributed by atoms with Gasteiger partial charge < -0.3 is 19.0 Å². The third-order valence-electron chi connectivity index (χ3n) is 7.82. The first-order valence-corrected chi connectivity index (χ1v) is 17.4. The van der Waals surface area contributed by atoms with Crippen LogP contribution in [0.25, 0.3) is 11.0 Å². The number of methoxy groups -OCH3 is 1. The Morgan fingerprint density at radius 2 is 1.80 bits per heavy atom. The second kappa shape index (κ2) is 14.0. The van der Waals surface area contributed by atoms with Crippen molar-refractivity contribution >= 4 is 74.1 Å². The summed E-state index contributed by atoms with van der Waals surface area (Å²) in [6.07, 6.45) is 0. The van der Waals surface area contributed by atoms with Gasteiger partial charge in [0.05, 0.1) is 18.7 Å². The van der Waals surface area contributed by atoms with Crippen LogP contribution in [0.2, 0.25) is 10.0 Å². The van der Waals surface area contributed by atoms with Crippen molar-refractivity contribution in [1.82, 2.24) is 10.2 Å². The molecule has 7 rings (SSSR count). The van der Waals surface area contributed by atoms with Crippen molar-refractivity contribution in [3.05, 3.63) is 141 Å². The van der Waals surface area contributed by atoms with Gasteiger partial charge in [-0.2, -0.15) is 0 Å². The lowest BCUT2D eigenvalue weighted by Crippen LogP contribution is -2.31. The van der Waals surface area contributed by atoms with Crippen molar-refractivity contribution in [1.29, 1.82) is 0 Å². The zero-order valence-electron chi connectivity index (χ0n) is 25.6. The number of ether oxygens (including phenoxy) is 2. The lowest BCUT2D eigenvalue weighted by atomic mass is 9.95. The molecule has 3 heterocycles. The number of hydrogen-bond donors (Lipinski definition) is 1. The molecule has 6 aromatic rings. The average molecular weight is 731 g/mol. The van der Waals surface area contributed by atoms with Gasteiger partial charge in [-0.15, -0.1) is 10.2 Å². The molecule has 0 saturated carbocycles. The predicted octanol–water partition coefficient (Wildman–Crippen LogP) is 9.25. The number of benzene rings is 4. The van der Waals surface area contributed by atoms with E-state index < -0.39 is 23.5 Å². The largest absolute Gasteiger partial charge is 0.503 e. The lowest BCUT2D eigenvalue weighted by molar-refractivity contribution is -0.117. The van der Waals surface area contributed by atoms with Crippen molar-refractivity contribution < 1.29 is 28.6 Å². The highest BCUT2D eigenvalue weighted by molar-refractivity contribution is 8.00. The maximum Gasteiger partial charge on any atom is 0.296 e. The Morgan fingerprint density at radius 3 is 2.55 bits per heavy atom. The Balaban J connectivity index is 1.22. The summed E-state index contributed by atoms with van der Waals surface area (Å²) in [7, 11) is 1.50. The van der Waals surface area contributed by atoms with Crippen LogP contribution in [0.4, 0.5) is 5.13 Å². The maximum atomic E-state index is 14.2. The maximum absolute atomic E-state index is 14.2. The normalized spacial score (nSPS) is 14.6. The van der Waals surface area contributed by atoms with Crippen LogP contribution >= 0.6 is 46.3 Å². The highest BCUT2D eigenvalue weighted by atomic mass is 35.5. The number of anilines is 1. The van der Waals surface area contributed by atoms with Crippen LogP contribution in [-0.4, -0.2) is 34.1 Å². The predicted molar refractivity (Wildman–Crippen MR) is 190 cm³/mol. The number of carbonyl (C=O) groups is 2. The molecule has 1 atom stereocenters. The average Bonchev–Trinajstić information content (AvgIpc) is 3.84. The summed E-state index contributed by atoms with van der Waals surface area (Å²) in [5, 5.41) is 21.8. The zero-order chi connectivity index (χ0) is 34.1. The third kappa shape index (κ3) is 6.62. The first-order valence-electron chi connectivity index (χ1n) is 14.9. The minimum absolute atomic E-state index is 0.0585. The standard InChI is InChI=1S/C36H25Cl2N3O6S2/c1-45-27-9-5-8-22-16-28(47-33(22)27)31(42)29-30(21-11-14-25(15-12-21)46-18-20-6-3-2-4-7-20)41(34(44)32(29)43)35-39-40-36(49-35)48-19-23-10-13-24(37)17-26(23)38/h2-17,30,43H,18-19H2,1H3. The molecule has 1 N–H and O–H groups in total. The summed E-state index contributed by atoms with van der Waals surface area (Å²) in [6, 6.07) is 27.8. The van der Waals surface area contributed by atoms with E-state index in [0.717, 1.165) is 22.5 Å². The van der Waals surface area contributed by atoms with Gasteiger partial charge in [0.25, 0.3) is 5.91 Å². The quantitative estimate of drug-likeness (QED) is 0.0792. The monoisotopic (exact) mass is 729 g/mol. The molecule has 0 spiro atoms. The Bertz CT molecular complexity index is 2220. The highest BCUT2D eigenvalue weighted by Crippen LogP contribution is 2.45. The zero-order valence-corrected chi connectivity index (χ0v) is 28.8. The van der Waals surface area contributed by atoms with Gasteiger partial charge in [0.1, 0.15) is 12.4 Å². The van der Waals surface area contributed by atoms with Gasteiger partial charge in [0, 0.05) is 21.2 Å². The van der Waals surface area contributed by atoms with Gasteiger partial charge >= 0.3 is 0 Å². The molecule has 49 heavy (non-hydrogen) atoms. The second-order valence-corrected chi connectivity index (χ2v) is 13.9. The van der Waals surface area contributed by atoms with Crippen LogP contribution in [-0.2, 0) is 17.2 Å². The van der Waals surface area contributed by atoms with E-state index >= 15 is 0 Å². The summed E-state index contributed by atoms with van der Waals surface area (Å²) in [6.45, 7) is 0.362. The summed E-state index contributed by atoms with van der Waals surface area (Å²) in [5.41, 5.74) is 2.62. The molecule has 0 fully saturated rings. The van der Waals surface area contributed by atoms with Crippen molar-refractivity contribution in [2.45, 2.75) is 22.7 Å². The fraction of sp³-hybridized carbons (Fsp3) is 0.111. The van der Waals surface area contributed by atoms with Gasteiger partial charge in [-0.1, -0.05) is 107 Å². The van der Waals surface area contributed by atoms with Crippen LogP contribution in [0.15, 0.2) is 117 Å². The summed E-state index contributed by atoms with van der Waals surface area (Å²) < 4.78 is 17.9. The number of Topliss-reactive ketones (excluding diaryl/α,β-unsaturated/α-hetero) is 1. The van der Waals surface area contributed by atoms with E-state index in [4.69, 9.17) is 37.1 Å². The highest BCUT2D eigenvalue weighted by Gasteiger charge is 2.47. The van der Waals surface area contributed by atoms with E-state index in [0.29, 0.717) is 54.8 Å². The molecular formula is C36H25Cl2N3O6S2. The van der Waals surface area contributed by atoms with Crippen LogP contribution in [0.5, 0.6) is 11.5 Å². The molecule has 0 radical (unpaired) electrons. The first kappa shape index (κ1) is 32.7. The van der Waals surface area contributed by atoms with Crippen molar-refractivity contribution in [2.24, 2.45) is 0 Å². The summed E-state index contributed by atoms with van der Waals surface area (Å²) in [4.78, 5) is 29.2. The number of rotatable bonds is 11. The number of para-hydroxylation sites is 1. The van der Waals surface area contributed by atoms with Crippen LogP contribution < -0.4 is 14.4 Å². The number of fused-ring (bicyclic) bond motifs is 1. The molecule has 4 aromatic carbocycles. The molecule has 13 heteroatoms. The van der Waals surface area contributed by atoms with Gasteiger partial charge in [0.2, 0.25) is 10.9 Å². The van der Waals surface area contributed by atoms with Gasteiger partial charge in [-0.25, -0.2) is 0 Å². The number of furan rings is 1. The molecule has 1 aliphatic heterocycles. The van der Waals surface area contributed by atoms with Crippen LogP contribution in [0, 0.1) is 0 Å². The minimum atomic E-state index is -1.05. The molecule has 2 aromatic heterocycles. The second-order valence-electron chi connectivity index (χ2n) is 10.9. The number of thioether (sulfide) groups is 1. The molecule has 246 valence electrons. The SMILES string of the molecule is COc1cccc2cc(C(=O)C3=C(O)C(=O)N(c4nnc(SCc5ccc(Cl)cc5Cl)s4)C3c3ccc(OCc4ccccc4)cc3)oc12.